The molecule has 5 heteroatoms. The van der Waals surface area contributed by atoms with Crippen LogP contribution in [0.5, 0.6) is 5.75 Å². The van der Waals surface area contributed by atoms with Crippen molar-refractivity contribution in [1.29, 1.82) is 0 Å². The van der Waals surface area contributed by atoms with Gasteiger partial charge in [-0.2, -0.15) is 0 Å². The summed E-state index contributed by atoms with van der Waals surface area (Å²) in [6.45, 7) is 7.11. The lowest BCUT2D eigenvalue weighted by atomic mass is 10.2. The van der Waals surface area contributed by atoms with E-state index in [2.05, 4.69) is 17.9 Å². The molecule has 0 radical (unpaired) electrons. The number of piperazine rings is 1. The number of nitrogens with zero attached hydrogens (tertiary/aromatic N) is 2. The van der Waals surface area contributed by atoms with Crippen LogP contribution in [0.4, 0.5) is 0 Å². The topological polar surface area (TPSA) is 58.8 Å². The third kappa shape index (κ3) is 4.72. The van der Waals surface area contributed by atoms with Gasteiger partial charge in [-0.1, -0.05) is 19.1 Å². The first-order valence-corrected chi connectivity index (χ1v) is 7.65. The Morgan fingerprint density at radius 3 is 2.71 bits per heavy atom. The number of hydrogen-bond donors (Lipinski definition) is 1. The lowest BCUT2D eigenvalue weighted by Crippen LogP contribution is -2.50. The molecule has 1 amide bonds. The molecule has 21 heavy (non-hydrogen) atoms. The molecule has 1 saturated heterocycles. The van der Waals surface area contributed by atoms with Crippen molar-refractivity contribution in [3.8, 4) is 5.75 Å². The fraction of sp³-hybridized carbons (Fsp3) is 0.562. The Labute approximate surface area is 126 Å². The SMILES string of the molecule is CCc1cccc(OCC(=O)N2CCN(CCN)CC2)c1. The Balaban J connectivity index is 1.77. The molecule has 1 aliphatic rings. The van der Waals surface area contributed by atoms with Gasteiger partial charge in [0, 0.05) is 39.3 Å². The van der Waals surface area contributed by atoms with E-state index in [1.54, 1.807) is 0 Å². The molecule has 1 aromatic rings. The van der Waals surface area contributed by atoms with Crippen LogP contribution in [0.3, 0.4) is 0 Å². The highest BCUT2D eigenvalue weighted by Gasteiger charge is 2.20. The zero-order chi connectivity index (χ0) is 15.1. The van der Waals surface area contributed by atoms with Gasteiger partial charge in [0.15, 0.2) is 6.61 Å². The first-order valence-electron chi connectivity index (χ1n) is 7.65. The minimum Gasteiger partial charge on any atom is -0.484 e. The Morgan fingerprint density at radius 2 is 2.05 bits per heavy atom. The molecule has 0 aliphatic carbocycles. The van der Waals surface area contributed by atoms with Gasteiger partial charge in [-0.25, -0.2) is 0 Å². The lowest BCUT2D eigenvalue weighted by Gasteiger charge is -2.34. The summed E-state index contributed by atoms with van der Waals surface area (Å²) in [6.07, 6.45) is 0.967. The highest BCUT2D eigenvalue weighted by atomic mass is 16.5. The van der Waals surface area contributed by atoms with Crippen molar-refractivity contribution in [2.45, 2.75) is 13.3 Å². The minimum absolute atomic E-state index is 0.0595. The third-order valence-corrected chi connectivity index (χ3v) is 3.84. The molecule has 116 valence electrons. The van der Waals surface area contributed by atoms with E-state index in [0.717, 1.165) is 44.9 Å². The van der Waals surface area contributed by atoms with E-state index in [1.165, 1.54) is 5.56 Å². The van der Waals surface area contributed by atoms with Gasteiger partial charge in [-0.15, -0.1) is 0 Å². The number of ether oxygens (including phenoxy) is 1. The van der Waals surface area contributed by atoms with Gasteiger partial charge in [-0.05, 0) is 24.1 Å². The first-order chi connectivity index (χ1) is 10.2. The average Bonchev–Trinajstić information content (AvgIpc) is 2.54. The number of carbonyl (C=O) groups is 1. The molecule has 0 aromatic heterocycles. The van der Waals surface area contributed by atoms with Crippen molar-refractivity contribution >= 4 is 5.91 Å². The van der Waals surface area contributed by atoms with Crippen molar-refractivity contribution in [2.24, 2.45) is 5.73 Å². The fourth-order valence-corrected chi connectivity index (χ4v) is 2.50. The van der Waals surface area contributed by atoms with Gasteiger partial charge in [-0.3, -0.25) is 9.69 Å². The van der Waals surface area contributed by atoms with E-state index in [9.17, 15) is 4.79 Å². The fourth-order valence-electron chi connectivity index (χ4n) is 2.50. The maximum absolute atomic E-state index is 12.1. The summed E-state index contributed by atoms with van der Waals surface area (Å²) in [4.78, 5) is 16.3. The van der Waals surface area contributed by atoms with E-state index in [1.807, 2.05) is 23.1 Å². The highest BCUT2D eigenvalue weighted by molar-refractivity contribution is 5.77. The summed E-state index contributed by atoms with van der Waals surface area (Å²) in [5.41, 5.74) is 6.77. The maximum Gasteiger partial charge on any atom is 0.260 e. The summed E-state index contributed by atoms with van der Waals surface area (Å²) in [6, 6.07) is 7.91. The molecule has 5 nitrogen and oxygen atoms in total. The predicted octanol–water partition coefficient (Wildman–Crippen LogP) is 0.731. The first kappa shape index (κ1) is 15.8. The molecule has 1 aromatic carbocycles. The second kappa shape index (κ2) is 8.00. The van der Waals surface area contributed by atoms with Gasteiger partial charge >= 0.3 is 0 Å². The molecule has 0 saturated carbocycles. The molecule has 1 heterocycles. The van der Waals surface area contributed by atoms with Crippen molar-refractivity contribution in [1.82, 2.24) is 9.80 Å². The average molecular weight is 291 g/mol. The van der Waals surface area contributed by atoms with Crippen LogP contribution < -0.4 is 10.5 Å². The Morgan fingerprint density at radius 1 is 1.29 bits per heavy atom. The van der Waals surface area contributed by atoms with Crippen LogP contribution in [0.25, 0.3) is 0 Å². The van der Waals surface area contributed by atoms with E-state index >= 15 is 0 Å². The number of nitrogens with two attached hydrogens (primary N) is 1. The van der Waals surface area contributed by atoms with Gasteiger partial charge in [0.1, 0.15) is 5.75 Å². The number of benzene rings is 1. The Kier molecular flexibility index (Phi) is 6.02. The minimum atomic E-state index is 0.0595. The second-order valence-corrected chi connectivity index (χ2v) is 5.30. The van der Waals surface area contributed by atoms with E-state index in [-0.39, 0.29) is 12.5 Å². The van der Waals surface area contributed by atoms with Crippen LogP contribution in [0.2, 0.25) is 0 Å². The van der Waals surface area contributed by atoms with Gasteiger partial charge < -0.3 is 15.4 Å². The number of carbonyl (C=O) groups excluding carboxylic acids is 1. The van der Waals surface area contributed by atoms with E-state index in [0.29, 0.717) is 6.54 Å². The summed E-state index contributed by atoms with van der Waals surface area (Å²) < 4.78 is 5.61. The summed E-state index contributed by atoms with van der Waals surface area (Å²) in [5.74, 6) is 0.828. The molecule has 0 atom stereocenters. The zero-order valence-electron chi connectivity index (χ0n) is 12.8. The zero-order valence-corrected chi connectivity index (χ0v) is 12.8. The largest absolute Gasteiger partial charge is 0.484 e. The van der Waals surface area contributed by atoms with Crippen LogP contribution in [0, 0.1) is 0 Å². The van der Waals surface area contributed by atoms with Crippen LogP contribution in [0.1, 0.15) is 12.5 Å². The summed E-state index contributed by atoms with van der Waals surface area (Å²) in [7, 11) is 0. The predicted molar refractivity (Wildman–Crippen MR) is 83.4 cm³/mol. The summed E-state index contributed by atoms with van der Waals surface area (Å²) in [5, 5.41) is 0. The van der Waals surface area contributed by atoms with Crippen LogP contribution in [0.15, 0.2) is 24.3 Å². The van der Waals surface area contributed by atoms with Crippen molar-refractivity contribution in [2.75, 3.05) is 45.9 Å². The quantitative estimate of drug-likeness (QED) is 0.839. The molecule has 0 bridgehead atoms. The summed E-state index contributed by atoms with van der Waals surface area (Å²) >= 11 is 0. The van der Waals surface area contributed by atoms with Crippen LogP contribution in [-0.2, 0) is 11.2 Å². The highest BCUT2D eigenvalue weighted by Crippen LogP contribution is 2.14. The van der Waals surface area contributed by atoms with E-state index in [4.69, 9.17) is 10.5 Å². The molecule has 0 unspecified atom stereocenters. The molecule has 2 N–H and O–H groups in total. The standard InChI is InChI=1S/C16H25N3O2/c1-2-14-4-3-5-15(12-14)21-13-16(20)19-10-8-18(7-6-17)9-11-19/h3-5,12H,2,6-11,13,17H2,1H3. The molecule has 1 aliphatic heterocycles. The third-order valence-electron chi connectivity index (χ3n) is 3.84. The number of hydrogen-bond acceptors (Lipinski definition) is 4. The molecular weight excluding hydrogens is 266 g/mol. The smallest absolute Gasteiger partial charge is 0.260 e. The maximum atomic E-state index is 12.1. The van der Waals surface area contributed by atoms with Crippen LogP contribution >= 0.6 is 0 Å². The Hall–Kier alpha value is -1.59. The van der Waals surface area contributed by atoms with E-state index < -0.39 is 0 Å². The normalized spacial score (nSPS) is 16.0. The molecular formula is C16H25N3O2. The molecule has 1 fully saturated rings. The molecule has 2 rings (SSSR count). The molecule has 0 spiro atoms. The van der Waals surface area contributed by atoms with Gasteiger partial charge in [0.2, 0.25) is 0 Å². The van der Waals surface area contributed by atoms with Crippen molar-refractivity contribution in [3.63, 3.8) is 0 Å². The number of amides is 1. The lowest BCUT2D eigenvalue weighted by molar-refractivity contribution is -0.135. The van der Waals surface area contributed by atoms with Gasteiger partial charge in [0.25, 0.3) is 5.91 Å². The Bertz CT molecular complexity index is 457. The second-order valence-electron chi connectivity index (χ2n) is 5.30. The number of rotatable bonds is 6. The van der Waals surface area contributed by atoms with Crippen molar-refractivity contribution < 1.29 is 9.53 Å². The van der Waals surface area contributed by atoms with Gasteiger partial charge in [0.05, 0.1) is 0 Å². The number of aryl methyl sites for hydroxylation is 1. The van der Waals surface area contributed by atoms with Crippen molar-refractivity contribution in [3.05, 3.63) is 29.8 Å². The monoisotopic (exact) mass is 291 g/mol. The van der Waals surface area contributed by atoms with Crippen LogP contribution in [-0.4, -0.2) is 61.6 Å².